The molecular weight excluding hydrogens is 412 g/mol. The minimum absolute atomic E-state index is 0.00125. The van der Waals surface area contributed by atoms with Crippen LogP contribution in [0.4, 0.5) is 17.6 Å². The second kappa shape index (κ2) is 11.7. The maximum atomic E-state index is 14.7. The first-order chi connectivity index (χ1) is 15.5. The molecule has 32 heavy (non-hydrogen) atoms. The van der Waals surface area contributed by atoms with Crippen LogP contribution in [-0.2, 0) is 12.8 Å². The lowest BCUT2D eigenvalue weighted by atomic mass is 9.78. The summed E-state index contributed by atoms with van der Waals surface area (Å²) in [6.45, 7) is 4.02. The van der Waals surface area contributed by atoms with Crippen LogP contribution in [0.1, 0.15) is 93.4 Å². The maximum absolute atomic E-state index is 14.7. The quantitative estimate of drug-likeness (QED) is 0.266. The Morgan fingerprint density at radius 3 is 2.06 bits per heavy atom. The molecule has 0 N–H and O–H groups in total. The number of hydrogen-bond donors (Lipinski definition) is 0. The third-order valence-electron chi connectivity index (χ3n) is 6.71. The number of hydrogen-bond acceptors (Lipinski definition) is 0. The van der Waals surface area contributed by atoms with Crippen molar-refractivity contribution in [3.63, 3.8) is 0 Å². The molecule has 0 atom stereocenters. The Hall–Kier alpha value is -2.10. The Kier molecular flexibility index (Phi) is 8.95. The summed E-state index contributed by atoms with van der Waals surface area (Å²) in [5.74, 6) is -2.70. The average molecular weight is 447 g/mol. The highest BCUT2D eigenvalue weighted by molar-refractivity contribution is 5.51. The third kappa shape index (κ3) is 5.82. The van der Waals surface area contributed by atoms with Gasteiger partial charge in [-0.15, -0.1) is 0 Å². The number of allylic oxidation sites excluding steroid dienone is 1. The molecule has 1 aliphatic rings. The van der Waals surface area contributed by atoms with E-state index < -0.39 is 23.3 Å². The molecule has 3 rings (SSSR count). The van der Waals surface area contributed by atoms with Crippen molar-refractivity contribution in [3.8, 4) is 0 Å². The predicted octanol–water partition coefficient (Wildman–Crippen LogP) is 8.92. The van der Waals surface area contributed by atoms with Crippen LogP contribution in [0.5, 0.6) is 0 Å². The molecule has 0 aliphatic heterocycles. The van der Waals surface area contributed by atoms with Crippen molar-refractivity contribution >= 4 is 6.08 Å². The topological polar surface area (TPSA) is 0 Å². The van der Waals surface area contributed by atoms with Gasteiger partial charge >= 0.3 is 0 Å². The van der Waals surface area contributed by atoms with Crippen molar-refractivity contribution in [3.05, 3.63) is 75.9 Å². The zero-order valence-electron chi connectivity index (χ0n) is 19.2. The first-order valence-electron chi connectivity index (χ1n) is 12.1. The van der Waals surface area contributed by atoms with Crippen LogP contribution in [-0.4, -0.2) is 0 Å². The summed E-state index contributed by atoms with van der Waals surface area (Å²) in [6, 6.07) is 6.79. The fraction of sp³-hybridized carbons (Fsp3) is 0.500. The highest BCUT2D eigenvalue weighted by atomic mass is 19.2. The summed E-state index contributed by atoms with van der Waals surface area (Å²) < 4.78 is 57.7. The van der Waals surface area contributed by atoms with Gasteiger partial charge in [-0.2, -0.15) is 0 Å². The van der Waals surface area contributed by atoms with Gasteiger partial charge in [0.2, 0.25) is 0 Å². The molecule has 0 aromatic heterocycles. The number of rotatable bonds is 9. The van der Waals surface area contributed by atoms with Crippen LogP contribution in [0.25, 0.3) is 6.08 Å². The normalized spacial score (nSPS) is 19.1. The Bertz CT molecular complexity index is 924. The molecular formula is C28H34F4. The van der Waals surface area contributed by atoms with Gasteiger partial charge in [-0.1, -0.05) is 69.5 Å². The molecule has 174 valence electrons. The van der Waals surface area contributed by atoms with E-state index in [9.17, 15) is 17.6 Å². The Labute approximate surface area is 189 Å². The fourth-order valence-corrected chi connectivity index (χ4v) is 4.74. The Morgan fingerprint density at radius 1 is 0.719 bits per heavy atom. The maximum Gasteiger partial charge on any atom is 0.166 e. The van der Waals surface area contributed by atoms with E-state index in [4.69, 9.17) is 0 Å². The molecule has 1 saturated carbocycles. The zero-order valence-corrected chi connectivity index (χ0v) is 19.2. The summed E-state index contributed by atoms with van der Waals surface area (Å²) in [6.07, 6.45) is 11.5. The van der Waals surface area contributed by atoms with E-state index in [1.807, 2.05) is 13.0 Å². The Balaban J connectivity index is 1.61. The molecule has 0 nitrogen and oxygen atoms in total. The smallest absolute Gasteiger partial charge is 0.166 e. The number of unbranched alkanes of at least 4 members (excludes halogenated alkanes) is 2. The molecule has 0 radical (unpaired) electrons. The van der Waals surface area contributed by atoms with Gasteiger partial charge in [-0.25, -0.2) is 17.6 Å². The SMILES string of the molecule is CCCCCc1ccc(C2CCC(/C=C/c3ccc(CCC)c(F)c3F)CC2)c(F)c1F. The van der Waals surface area contributed by atoms with Gasteiger partial charge in [0, 0.05) is 5.56 Å². The monoisotopic (exact) mass is 446 g/mol. The second-order valence-corrected chi connectivity index (χ2v) is 9.06. The number of aryl methyl sites for hydroxylation is 2. The van der Waals surface area contributed by atoms with Gasteiger partial charge in [-0.3, -0.25) is 0 Å². The summed E-state index contributed by atoms with van der Waals surface area (Å²) in [5, 5.41) is 0. The highest BCUT2D eigenvalue weighted by Crippen LogP contribution is 2.38. The van der Waals surface area contributed by atoms with Gasteiger partial charge in [-0.05, 0) is 73.5 Å². The van der Waals surface area contributed by atoms with Crippen LogP contribution in [0, 0.1) is 29.2 Å². The summed E-state index contributed by atoms with van der Waals surface area (Å²) in [7, 11) is 0. The predicted molar refractivity (Wildman–Crippen MR) is 124 cm³/mol. The van der Waals surface area contributed by atoms with Crippen molar-refractivity contribution in [2.75, 3.05) is 0 Å². The van der Waals surface area contributed by atoms with Crippen molar-refractivity contribution in [1.29, 1.82) is 0 Å². The van der Waals surface area contributed by atoms with Crippen LogP contribution < -0.4 is 0 Å². The first kappa shape index (κ1) is 24.5. The summed E-state index contributed by atoms with van der Waals surface area (Å²) in [4.78, 5) is 0. The van der Waals surface area contributed by atoms with E-state index in [2.05, 4.69) is 6.92 Å². The van der Waals surface area contributed by atoms with E-state index in [0.717, 1.165) is 51.4 Å². The number of halogens is 4. The van der Waals surface area contributed by atoms with Crippen molar-refractivity contribution < 1.29 is 17.6 Å². The number of benzene rings is 2. The van der Waals surface area contributed by atoms with Crippen LogP contribution in [0.3, 0.4) is 0 Å². The molecule has 4 heteroatoms. The minimum atomic E-state index is -0.794. The largest absolute Gasteiger partial charge is 0.203 e. The molecule has 0 amide bonds. The molecule has 0 unspecified atom stereocenters. The van der Waals surface area contributed by atoms with Gasteiger partial charge in [0.25, 0.3) is 0 Å². The summed E-state index contributed by atoms with van der Waals surface area (Å²) in [5.41, 5.74) is 1.61. The van der Waals surface area contributed by atoms with Crippen molar-refractivity contribution in [1.82, 2.24) is 0 Å². The van der Waals surface area contributed by atoms with Crippen LogP contribution in [0.15, 0.2) is 30.3 Å². The van der Waals surface area contributed by atoms with E-state index >= 15 is 0 Å². The molecule has 0 bridgehead atoms. The van der Waals surface area contributed by atoms with Crippen LogP contribution >= 0.6 is 0 Å². The van der Waals surface area contributed by atoms with E-state index in [-0.39, 0.29) is 17.4 Å². The second-order valence-electron chi connectivity index (χ2n) is 9.06. The third-order valence-corrected chi connectivity index (χ3v) is 6.71. The molecule has 1 fully saturated rings. The first-order valence-corrected chi connectivity index (χ1v) is 12.1. The van der Waals surface area contributed by atoms with E-state index in [0.29, 0.717) is 29.5 Å². The Morgan fingerprint density at radius 2 is 1.38 bits per heavy atom. The molecule has 0 saturated heterocycles. The lowest BCUT2D eigenvalue weighted by Crippen LogP contribution is -2.14. The lowest BCUT2D eigenvalue weighted by Gasteiger charge is -2.27. The van der Waals surface area contributed by atoms with Gasteiger partial charge < -0.3 is 0 Å². The minimum Gasteiger partial charge on any atom is -0.203 e. The van der Waals surface area contributed by atoms with Gasteiger partial charge in [0.05, 0.1) is 0 Å². The van der Waals surface area contributed by atoms with Crippen molar-refractivity contribution in [2.45, 2.75) is 84.0 Å². The average Bonchev–Trinajstić information content (AvgIpc) is 2.80. The van der Waals surface area contributed by atoms with E-state index in [1.165, 1.54) is 0 Å². The van der Waals surface area contributed by atoms with Crippen molar-refractivity contribution in [2.24, 2.45) is 5.92 Å². The molecule has 2 aromatic carbocycles. The molecule has 0 spiro atoms. The zero-order chi connectivity index (χ0) is 23.1. The molecule has 0 heterocycles. The fourth-order valence-electron chi connectivity index (χ4n) is 4.74. The van der Waals surface area contributed by atoms with Gasteiger partial charge in [0.1, 0.15) is 0 Å². The highest BCUT2D eigenvalue weighted by Gasteiger charge is 2.25. The van der Waals surface area contributed by atoms with Gasteiger partial charge in [0.15, 0.2) is 23.3 Å². The van der Waals surface area contributed by atoms with Crippen LogP contribution in [0.2, 0.25) is 0 Å². The molecule has 2 aromatic rings. The molecule has 1 aliphatic carbocycles. The van der Waals surface area contributed by atoms with E-state index in [1.54, 1.807) is 30.3 Å². The standard InChI is InChI=1S/C28H34F4/c1-3-5-6-8-22-17-18-24(28(32)27(22)31)20-12-9-19(10-13-20)11-14-23-16-15-21(7-4-2)25(29)26(23)30/h11,14-20H,3-10,12-13H2,1-2H3/b14-11+. The summed E-state index contributed by atoms with van der Waals surface area (Å²) >= 11 is 0. The lowest BCUT2D eigenvalue weighted by molar-refractivity contribution is 0.364.